The van der Waals surface area contributed by atoms with Gasteiger partial charge in [-0.2, -0.15) is 0 Å². The summed E-state index contributed by atoms with van der Waals surface area (Å²) in [5.41, 5.74) is 3.54. The van der Waals surface area contributed by atoms with Gasteiger partial charge in [-0.1, -0.05) is 42.5 Å². The van der Waals surface area contributed by atoms with Crippen molar-refractivity contribution in [1.29, 1.82) is 0 Å². The first-order valence-electron chi connectivity index (χ1n) is 11.0. The molecule has 7 nitrogen and oxygen atoms in total. The first-order chi connectivity index (χ1) is 16.6. The summed E-state index contributed by atoms with van der Waals surface area (Å²) in [5, 5.41) is 6.73. The van der Waals surface area contributed by atoms with Gasteiger partial charge < -0.3 is 25.1 Å². The highest BCUT2D eigenvalue weighted by Gasteiger charge is 2.20. The second-order valence-electron chi connectivity index (χ2n) is 7.80. The molecule has 0 saturated carbocycles. The molecule has 0 fully saturated rings. The largest absolute Gasteiger partial charge is 0.497 e. The Hall–Kier alpha value is -4.26. The van der Waals surface area contributed by atoms with Gasteiger partial charge in [0.1, 0.15) is 11.5 Å². The molecular formula is C27H27N3O4. The maximum atomic E-state index is 12.6. The molecule has 7 heteroatoms. The van der Waals surface area contributed by atoms with Crippen molar-refractivity contribution in [3.05, 3.63) is 95.7 Å². The fraction of sp³-hybridized carbons (Fsp3) is 0.185. The molecule has 0 aliphatic carbocycles. The van der Waals surface area contributed by atoms with Crippen molar-refractivity contribution in [2.45, 2.75) is 5.92 Å². The number of fused-ring (bicyclic) bond motifs is 1. The number of H-pyrrole nitrogens is 1. The van der Waals surface area contributed by atoms with Crippen molar-refractivity contribution in [3.63, 3.8) is 0 Å². The molecule has 4 rings (SSSR count). The number of methoxy groups -OCH3 is 2. The molecule has 0 radical (unpaired) electrons. The second kappa shape index (κ2) is 10.6. The number of hydrogen-bond acceptors (Lipinski definition) is 4. The van der Waals surface area contributed by atoms with Gasteiger partial charge in [0.25, 0.3) is 5.91 Å². The maximum absolute atomic E-state index is 12.6. The molecule has 3 N–H and O–H groups in total. The van der Waals surface area contributed by atoms with Gasteiger partial charge >= 0.3 is 0 Å². The van der Waals surface area contributed by atoms with Crippen molar-refractivity contribution in [1.82, 2.24) is 15.6 Å². The monoisotopic (exact) mass is 457 g/mol. The van der Waals surface area contributed by atoms with Gasteiger partial charge in [0.05, 0.1) is 26.3 Å². The number of nitrogens with one attached hydrogen (secondary N) is 3. The first kappa shape index (κ1) is 22.9. The standard InChI is InChI=1S/C27H27N3O4/c1-33-19-13-11-18(12-14-19)22(23-16-28-24-9-5-3-7-20(23)24)15-29-26(31)17-30-27(32)21-8-4-6-10-25(21)34-2/h3-14,16,22,28H,15,17H2,1-2H3,(H,29,31)(H,30,32). The smallest absolute Gasteiger partial charge is 0.255 e. The van der Waals surface area contributed by atoms with Crippen LogP contribution in [0.4, 0.5) is 0 Å². The van der Waals surface area contributed by atoms with Gasteiger partial charge in [-0.05, 0) is 41.5 Å². The molecule has 1 heterocycles. The summed E-state index contributed by atoms with van der Waals surface area (Å²) in [7, 11) is 3.13. The van der Waals surface area contributed by atoms with E-state index in [2.05, 4.69) is 21.7 Å². The molecule has 174 valence electrons. The lowest BCUT2D eigenvalue weighted by Crippen LogP contribution is -2.38. The molecule has 1 aromatic heterocycles. The van der Waals surface area contributed by atoms with Crippen LogP contribution in [0.5, 0.6) is 11.5 Å². The highest BCUT2D eigenvalue weighted by Crippen LogP contribution is 2.31. The summed E-state index contributed by atoms with van der Waals surface area (Å²) in [4.78, 5) is 28.4. The van der Waals surface area contributed by atoms with Gasteiger partial charge in [0.15, 0.2) is 0 Å². The number of hydrogen-bond donors (Lipinski definition) is 3. The van der Waals surface area contributed by atoms with E-state index in [1.54, 1.807) is 31.4 Å². The fourth-order valence-electron chi connectivity index (χ4n) is 3.99. The predicted octanol–water partition coefficient (Wildman–Crippen LogP) is 3.86. The van der Waals surface area contributed by atoms with Crippen molar-refractivity contribution in [2.75, 3.05) is 27.3 Å². The second-order valence-corrected chi connectivity index (χ2v) is 7.80. The molecule has 3 aromatic carbocycles. The highest BCUT2D eigenvalue weighted by atomic mass is 16.5. The van der Waals surface area contributed by atoms with Gasteiger partial charge in [0, 0.05) is 29.6 Å². The Morgan fingerprint density at radius 2 is 1.62 bits per heavy atom. The minimum absolute atomic E-state index is 0.0871. The molecule has 0 bridgehead atoms. The lowest BCUT2D eigenvalue weighted by Gasteiger charge is -2.19. The van der Waals surface area contributed by atoms with Crippen LogP contribution in [0.15, 0.2) is 79.0 Å². The van der Waals surface area contributed by atoms with Crippen LogP contribution < -0.4 is 20.1 Å². The molecule has 2 amide bonds. The summed E-state index contributed by atoms with van der Waals surface area (Å²) >= 11 is 0. The van der Waals surface area contributed by atoms with Crippen molar-refractivity contribution < 1.29 is 19.1 Å². The maximum Gasteiger partial charge on any atom is 0.255 e. The Morgan fingerprint density at radius 1 is 0.882 bits per heavy atom. The number of ether oxygens (including phenoxy) is 2. The SMILES string of the molecule is COc1ccc(C(CNC(=O)CNC(=O)c2ccccc2OC)c2c[nH]c3ccccc23)cc1. The van der Waals surface area contributed by atoms with Crippen LogP contribution in [-0.2, 0) is 4.79 Å². The average Bonchev–Trinajstić information content (AvgIpc) is 3.31. The van der Waals surface area contributed by atoms with E-state index in [9.17, 15) is 9.59 Å². The third-order valence-electron chi connectivity index (χ3n) is 5.78. The number of aromatic amines is 1. The van der Waals surface area contributed by atoms with Crippen LogP contribution in [0.25, 0.3) is 10.9 Å². The van der Waals surface area contributed by atoms with E-state index in [1.807, 2.05) is 48.7 Å². The molecule has 0 spiro atoms. The molecule has 4 aromatic rings. The Bertz CT molecular complexity index is 1280. The van der Waals surface area contributed by atoms with E-state index in [1.165, 1.54) is 7.11 Å². The van der Waals surface area contributed by atoms with Crippen LogP contribution in [0.1, 0.15) is 27.4 Å². The average molecular weight is 458 g/mol. The Morgan fingerprint density at radius 3 is 2.38 bits per heavy atom. The van der Waals surface area contributed by atoms with Gasteiger partial charge in [-0.15, -0.1) is 0 Å². The van der Waals surface area contributed by atoms with Crippen molar-refractivity contribution in [3.8, 4) is 11.5 Å². The predicted molar refractivity (Wildman–Crippen MR) is 131 cm³/mol. The Kier molecular flexibility index (Phi) is 7.13. The van der Waals surface area contributed by atoms with Gasteiger partial charge in [-0.25, -0.2) is 0 Å². The first-order valence-corrected chi connectivity index (χ1v) is 11.0. The summed E-state index contributed by atoms with van der Waals surface area (Å²) in [6.45, 7) is 0.234. The quantitative estimate of drug-likeness (QED) is 0.356. The number of amides is 2. The number of benzene rings is 3. The molecule has 1 unspecified atom stereocenters. The number of aromatic nitrogens is 1. The molecule has 34 heavy (non-hydrogen) atoms. The summed E-state index contributed by atoms with van der Waals surface area (Å²) < 4.78 is 10.5. The van der Waals surface area contributed by atoms with Crippen LogP contribution in [0, 0.1) is 0 Å². The zero-order valence-electron chi connectivity index (χ0n) is 19.1. The van der Waals surface area contributed by atoms with Crippen LogP contribution in [-0.4, -0.2) is 44.1 Å². The van der Waals surface area contributed by atoms with Gasteiger partial charge in [0.2, 0.25) is 5.91 Å². The Balaban J connectivity index is 1.47. The fourth-order valence-corrected chi connectivity index (χ4v) is 3.99. The highest BCUT2D eigenvalue weighted by molar-refractivity contribution is 5.98. The van der Waals surface area contributed by atoms with Crippen LogP contribution in [0.2, 0.25) is 0 Å². The van der Waals surface area contributed by atoms with E-state index in [4.69, 9.17) is 9.47 Å². The normalized spacial score (nSPS) is 11.6. The van der Waals surface area contributed by atoms with Crippen molar-refractivity contribution >= 4 is 22.7 Å². The summed E-state index contributed by atoms with van der Waals surface area (Å²) in [6.07, 6.45) is 1.98. The molecule has 0 aliphatic heterocycles. The van der Waals surface area contributed by atoms with Crippen LogP contribution in [0.3, 0.4) is 0 Å². The van der Waals surface area contributed by atoms with Crippen molar-refractivity contribution in [2.24, 2.45) is 0 Å². The van der Waals surface area contributed by atoms with Gasteiger partial charge in [-0.3, -0.25) is 9.59 Å². The minimum atomic E-state index is -0.365. The van der Waals surface area contributed by atoms with E-state index < -0.39 is 0 Å². The summed E-state index contributed by atoms with van der Waals surface area (Å²) in [6, 6.07) is 22.8. The van der Waals surface area contributed by atoms with E-state index in [-0.39, 0.29) is 24.3 Å². The van der Waals surface area contributed by atoms with E-state index in [0.29, 0.717) is 17.9 Å². The third kappa shape index (κ3) is 5.04. The molecule has 0 aliphatic rings. The lowest BCUT2D eigenvalue weighted by molar-refractivity contribution is -0.120. The van der Waals surface area contributed by atoms with E-state index in [0.717, 1.165) is 27.8 Å². The van der Waals surface area contributed by atoms with E-state index >= 15 is 0 Å². The molecule has 1 atom stereocenters. The molecule has 0 saturated heterocycles. The zero-order valence-corrected chi connectivity index (χ0v) is 19.1. The minimum Gasteiger partial charge on any atom is -0.497 e. The number of carbonyl (C=O) groups excluding carboxylic acids is 2. The van der Waals surface area contributed by atoms with Crippen LogP contribution >= 0.6 is 0 Å². The number of para-hydroxylation sites is 2. The summed E-state index contributed by atoms with van der Waals surface area (Å²) in [5.74, 6) is 0.497. The topological polar surface area (TPSA) is 92.5 Å². The number of rotatable bonds is 9. The number of carbonyl (C=O) groups is 2. The Labute approximate surface area is 198 Å². The third-order valence-corrected chi connectivity index (χ3v) is 5.78. The molecular weight excluding hydrogens is 430 g/mol. The lowest BCUT2D eigenvalue weighted by atomic mass is 9.91. The zero-order chi connectivity index (χ0) is 23.9.